The minimum Gasteiger partial charge on any atom is -0.344 e. The minimum atomic E-state index is -0.796. The van der Waals surface area contributed by atoms with Crippen molar-refractivity contribution in [2.75, 3.05) is 0 Å². The number of amides is 3. The number of nitrogens with zero attached hydrogens (tertiary/aromatic N) is 2. The number of fused-ring (bicyclic) bond motifs is 1. The Kier molecular flexibility index (Phi) is 8.08. The topological polar surface area (TPSA) is 122 Å². The van der Waals surface area contributed by atoms with Crippen molar-refractivity contribution in [3.05, 3.63) is 40.3 Å². The van der Waals surface area contributed by atoms with Crippen molar-refractivity contribution in [2.24, 2.45) is 5.92 Å². The number of aromatic nitrogens is 2. The number of hydrazine groups is 1. The fourth-order valence-corrected chi connectivity index (χ4v) is 3.08. The first-order valence-corrected chi connectivity index (χ1v) is 10.1. The molecule has 30 heavy (non-hydrogen) atoms. The monoisotopic (exact) mass is 415 g/mol. The lowest BCUT2D eigenvalue weighted by Gasteiger charge is -2.21. The fourth-order valence-electron chi connectivity index (χ4n) is 3.08. The summed E-state index contributed by atoms with van der Waals surface area (Å²) in [5, 5.41) is 7.60. The van der Waals surface area contributed by atoms with Gasteiger partial charge in [0.1, 0.15) is 6.04 Å². The predicted octanol–water partition coefficient (Wildman–Crippen LogP) is 1.51. The summed E-state index contributed by atoms with van der Waals surface area (Å²) in [6.45, 7) is 7.34. The van der Waals surface area contributed by atoms with Crippen LogP contribution in [0.3, 0.4) is 0 Å². The van der Waals surface area contributed by atoms with Crippen LogP contribution in [0.5, 0.6) is 0 Å². The average molecular weight is 415 g/mol. The maximum absolute atomic E-state index is 12.8. The lowest BCUT2D eigenvalue weighted by Crippen LogP contribution is -2.54. The van der Waals surface area contributed by atoms with Gasteiger partial charge in [-0.15, -0.1) is 0 Å². The summed E-state index contributed by atoms with van der Waals surface area (Å²) >= 11 is 0. The molecule has 0 bridgehead atoms. The summed E-state index contributed by atoms with van der Waals surface area (Å²) in [6, 6.07) is 5.94. The lowest BCUT2D eigenvalue weighted by molar-refractivity contribution is -0.129. The molecule has 1 atom stereocenters. The van der Waals surface area contributed by atoms with Crippen LogP contribution in [0.1, 0.15) is 57.4 Å². The van der Waals surface area contributed by atoms with E-state index in [-0.39, 0.29) is 23.1 Å². The number of rotatable bonds is 8. The first-order valence-electron chi connectivity index (χ1n) is 10.1. The van der Waals surface area contributed by atoms with Crippen molar-refractivity contribution in [2.45, 2.75) is 59.5 Å². The molecule has 0 aliphatic carbocycles. The average Bonchev–Trinajstić information content (AvgIpc) is 2.71. The van der Waals surface area contributed by atoms with Crippen molar-refractivity contribution in [1.29, 1.82) is 0 Å². The van der Waals surface area contributed by atoms with Gasteiger partial charge in [-0.3, -0.25) is 30.0 Å². The number of carbonyl (C=O) groups excluding carboxylic acids is 3. The highest BCUT2D eigenvalue weighted by Gasteiger charge is 2.24. The molecule has 0 radical (unpaired) electrons. The molecule has 0 saturated heterocycles. The van der Waals surface area contributed by atoms with Gasteiger partial charge in [0, 0.05) is 18.9 Å². The summed E-state index contributed by atoms with van der Waals surface area (Å²) in [5.41, 5.74) is 4.47. The summed E-state index contributed by atoms with van der Waals surface area (Å²) in [5.74, 6) is -1.71. The SMILES string of the molecule is CCCCCn1nc(C(=O)NNC(=O)[C@H](NC(C)=O)C(C)C)c2ccccc2c1=O. The Bertz CT molecular complexity index is 983. The summed E-state index contributed by atoms with van der Waals surface area (Å²) < 4.78 is 1.29. The second kappa shape index (κ2) is 10.5. The minimum absolute atomic E-state index is 0.0441. The van der Waals surface area contributed by atoms with Crippen molar-refractivity contribution < 1.29 is 14.4 Å². The Morgan fingerprint density at radius 2 is 1.73 bits per heavy atom. The van der Waals surface area contributed by atoms with Gasteiger partial charge >= 0.3 is 0 Å². The molecule has 1 aromatic carbocycles. The van der Waals surface area contributed by atoms with Crippen LogP contribution < -0.4 is 21.7 Å². The molecule has 3 amide bonds. The number of hydrogen-bond donors (Lipinski definition) is 3. The van der Waals surface area contributed by atoms with Gasteiger partial charge in [-0.05, 0) is 18.4 Å². The molecular formula is C21H29N5O4. The molecular weight excluding hydrogens is 386 g/mol. The van der Waals surface area contributed by atoms with E-state index in [9.17, 15) is 19.2 Å². The largest absolute Gasteiger partial charge is 0.344 e. The van der Waals surface area contributed by atoms with Crippen LogP contribution in [0, 0.1) is 5.92 Å². The smallest absolute Gasteiger partial charge is 0.290 e. The number of nitrogens with one attached hydrogen (secondary N) is 3. The van der Waals surface area contributed by atoms with E-state index >= 15 is 0 Å². The molecule has 1 heterocycles. The molecule has 2 rings (SSSR count). The third kappa shape index (κ3) is 5.65. The van der Waals surface area contributed by atoms with E-state index < -0.39 is 17.9 Å². The Balaban J connectivity index is 2.27. The molecule has 1 aromatic heterocycles. The molecule has 0 aliphatic rings. The molecule has 0 aliphatic heterocycles. The molecule has 0 fully saturated rings. The number of aryl methyl sites for hydroxylation is 1. The van der Waals surface area contributed by atoms with Crippen LogP contribution in [0.25, 0.3) is 10.8 Å². The molecule has 0 spiro atoms. The van der Waals surface area contributed by atoms with Crippen LogP contribution in [-0.2, 0) is 16.1 Å². The maximum Gasteiger partial charge on any atom is 0.290 e. The van der Waals surface area contributed by atoms with E-state index in [2.05, 4.69) is 28.2 Å². The predicted molar refractivity (Wildman–Crippen MR) is 114 cm³/mol. The molecule has 0 saturated carbocycles. The summed E-state index contributed by atoms with van der Waals surface area (Å²) in [4.78, 5) is 49.2. The van der Waals surface area contributed by atoms with E-state index in [4.69, 9.17) is 0 Å². The van der Waals surface area contributed by atoms with Gasteiger partial charge in [0.2, 0.25) is 5.91 Å². The quantitative estimate of drug-likeness (QED) is 0.446. The van der Waals surface area contributed by atoms with Gasteiger partial charge in [0.05, 0.1) is 5.39 Å². The van der Waals surface area contributed by atoms with Crippen molar-refractivity contribution in [1.82, 2.24) is 25.9 Å². The van der Waals surface area contributed by atoms with Crippen molar-refractivity contribution in [3.63, 3.8) is 0 Å². The first-order chi connectivity index (χ1) is 14.3. The first kappa shape index (κ1) is 23.1. The zero-order valence-corrected chi connectivity index (χ0v) is 17.8. The van der Waals surface area contributed by atoms with Gasteiger partial charge in [-0.25, -0.2) is 4.68 Å². The van der Waals surface area contributed by atoms with Gasteiger partial charge < -0.3 is 5.32 Å². The highest BCUT2D eigenvalue weighted by Crippen LogP contribution is 2.13. The highest BCUT2D eigenvalue weighted by molar-refractivity contribution is 6.05. The summed E-state index contributed by atoms with van der Waals surface area (Å²) in [7, 11) is 0. The van der Waals surface area contributed by atoms with Crippen LogP contribution in [0.15, 0.2) is 29.1 Å². The van der Waals surface area contributed by atoms with E-state index in [1.54, 1.807) is 38.1 Å². The van der Waals surface area contributed by atoms with E-state index in [1.165, 1.54) is 11.6 Å². The van der Waals surface area contributed by atoms with Crippen LogP contribution >= 0.6 is 0 Å². The third-order valence-corrected chi connectivity index (χ3v) is 4.66. The van der Waals surface area contributed by atoms with E-state index in [1.807, 2.05) is 0 Å². The molecule has 3 N–H and O–H groups in total. The second-order valence-corrected chi connectivity index (χ2v) is 7.50. The fraction of sp³-hybridized carbons (Fsp3) is 0.476. The lowest BCUT2D eigenvalue weighted by atomic mass is 10.0. The Hall–Kier alpha value is -3.23. The van der Waals surface area contributed by atoms with Crippen LogP contribution in [0.4, 0.5) is 0 Å². The molecule has 9 heteroatoms. The zero-order chi connectivity index (χ0) is 22.3. The number of benzene rings is 1. The number of carbonyl (C=O) groups is 3. The van der Waals surface area contributed by atoms with E-state index in [0.717, 1.165) is 19.3 Å². The number of hydrogen-bond acceptors (Lipinski definition) is 5. The summed E-state index contributed by atoms with van der Waals surface area (Å²) in [6.07, 6.45) is 2.71. The normalized spacial score (nSPS) is 11.9. The molecule has 9 nitrogen and oxygen atoms in total. The van der Waals surface area contributed by atoms with E-state index in [0.29, 0.717) is 17.3 Å². The molecule has 162 valence electrons. The second-order valence-electron chi connectivity index (χ2n) is 7.50. The molecule has 2 aromatic rings. The van der Waals surface area contributed by atoms with Gasteiger partial charge in [0.25, 0.3) is 17.4 Å². The Morgan fingerprint density at radius 3 is 2.33 bits per heavy atom. The molecule has 0 unspecified atom stereocenters. The van der Waals surface area contributed by atoms with Crippen LogP contribution in [0.2, 0.25) is 0 Å². The van der Waals surface area contributed by atoms with Crippen molar-refractivity contribution in [3.8, 4) is 0 Å². The van der Waals surface area contributed by atoms with Crippen molar-refractivity contribution >= 4 is 28.5 Å². The van der Waals surface area contributed by atoms with Crippen LogP contribution in [-0.4, -0.2) is 33.5 Å². The van der Waals surface area contributed by atoms with Gasteiger partial charge in [-0.2, -0.15) is 5.10 Å². The Labute approximate surface area is 175 Å². The Morgan fingerprint density at radius 1 is 1.07 bits per heavy atom. The standard InChI is InChI=1S/C21H29N5O4/c1-5-6-9-12-26-21(30)16-11-8-7-10-15(16)18(25-26)20(29)24-23-19(28)17(13(2)3)22-14(4)27/h7-8,10-11,13,17H,5-6,9,12H2,1-4H3,(H,22,27)(H,23,28)(H,24,29)/t17-/m1/s1. The highest BCUT2D eigenvalue weighted by atomic mass is 16.2. The number of unbranched alkanes of at least 4 members (excludes halogenated alkanes) is 2. The zero-order valence-electron chi connectivity index (χ0n) is 17.8. The van der Waals surface area contributed by atoms with Gasteiger partial charge in [-0.1, -0.05) is 51.8 Å². The maximum atomic E-state index is 12.8. The van der Waals surface area contributed by atoms with Gasteiger partial charge in [0.15, 0.2) is 5.69 Å². The third-order valence-electron chi connectivity index (χ3n) is 4.66.